The van der Waals surface area contributed by atoms with Crippen LogP contribution in [-0.4, -0.2) is 30.7 Å². The van der Waals surface area contributed by atoms with Gasteiger partial charge in [0.15, 0.2) is 0 Å². The maximum Gasteiger partial charge on any atom is 0.0674 e. The maximum atomic E-state index is 5.52. The van der Waals surface area contributed by atoms with E-state index in [4.69, 9.17) is 4.74 Å². The van der Waals surface area contributed by atoms with Crippen molar-refractivity contribution in [3.63, 3.8) is 0 Å². The second-order valence-electron chi connectivity index (χ2n) is 4.40. The number of ether oxygens (including phenoxy) is 1. The number of nitrogens with zero attached hydrogens (tertiary/aromatic N) is 1. The Morgan fingerprint density at radius 1 is 1.33 bits per heavy atom. The van der Waals surface area contributed by atoms with Crippen molar-refractivity contribution in [2.45, 2.75) is 26.5 Å². The lowest BCUT2D eigenvalue weighted by molar-refractivity contribution is -0.0212. The first kappa shape index (κ1) is 10.7. The Kier molecular flexibility index (Phi) is 3.39. The van der Waals surface area contributed by atoms with Crippen molar-refractivity contribution in [1.29, 1.82) is 0 Å². The number of morpholine rings is 1. The van der Waals surface area contributed by atoms with Crippen LogP contribution in [0.5, 0.6) is 0 Å². The second-order valence-corrected chi connectivity index (χ2v) is 4.40. The number of hydrogen-bond acceptors (Lipinski definition) is 2. The normalized spacial score (nSPS) is 22.9. The van der Waals surface area contributed by atoms with E-state index in [2.05, 4.69) is 43.0 Å². The van der Waals surface area contributed by atoms with Crippen LogP contribution >= 0.6 is 0 Å². The molecule has 1 heterocycles. The monoisotopic (exact) mass is 205 g/mol. The summed E-state index contributed by atoms with van der Waals surface area (Å²) in [5.74, 6) is 0. The molecule has 1 aliphatic rings. The fraction of sp³-hybridized carbons (Fsp3) is 0.538. The summed E-state index contributed by atoms with van der Waals surface area (Å²) in [5, 5.41) is 0. The molecule has 1 saturated heterocycles. The standard InChI is InChI=1S/C13H19NO/c1-11-3-5-13(6-4-11)10-14-7-8-15-12(2)9-14/h3-6,12H,7-10H2,1-2H3/t12-/m1/s1. The maximum absolute atomic E-state index is 5.52. The minimum atomic E-state index is 0.379. The van der Waals surface area contributed by atoms with Crippen LogP contribution in [0.3, 0.4) is 0 Å². The molecule has 0 radical (unpaired) electrons. The van der Waals surface area contributed by atoms with E-state index in [1.54, 1.807) is 0 Å². The van der Waals surface area contributed by atoms with Gasteiger partial charge >= 0.3 is 0 Å². The summed E-state index contributed by atoms with van der Waals surface area (Å²) in [6, 6.07) is 8.79. The fourth-order valence-electron chi connectivity index (χ4n) is 1.99. The van der Waals surface area contributed by atoms with Gasteiger partial charge in [-0.1, -0.05) is 29.8 Å². The van der Waals surface area contributed by atoms with Gasteiger partial charge in [0.05, 0.1) is 12.7 Å². The van der Waals surface area contributed by atoms with Crippen LogP contribution in [-0.2, 0) is 11.3 Å². The van der Waals surface area contributed by atoms with Crippen molar-refractivity contribution in [2.75, 3.05) is 19.7 Å². The number of benzene rings is 1. The SMILES string of the molecule is Cc1ccc(CN2CCO[C@H](C)C2)cc1. The lowest BCUT2D eigenvalue weighted by atomic mass is 10.1. The van der Waals surface area contributed by atoms with Gasteiger partial charge in [-0.2, -0.15) is 0 Å². The number of hydrogen-bond donors (Lipinski definition) is 0. The van der Waals surface area contributed by atoms with Crippen molar-refractivity contribution < 1.29 is 4.74 Å². The average Bonchev–Trinajstić information content (AvgIpc) is 2.22. The Bertz CT molecular complexity index is 307. The zero-order valence-corrected chi connectivity index (χ0v) is 9.57. The minimum Gasteiger partial charge on any atom is -0.376 e. The quantitative estimate of drug-likeness (QED) is 0.734. The third-order valence-corrected chi connectivity index (χ3v) is 2.85. The lowest BCUT2D eigenvalue weighted by Gasteiger charge is -2.31. The van der Waals surface area contributed by atoms with E-state index < -0.39 is 0 Å². The van der Waals surface area contributed by atoms with Crippen molar-refractivity contribution >= 4 is 0 Å². The first-order chi connectivity index (χ1) is 7.24. The average molecular weight is 205 g/mol. The van der Waals surface area contributed by atoms with E-state index in [9.17, 15) is 0 Å². The Morgan fingerprint density at radius 2 is 2.07 bits per heavy atom. The van der Waals surface area contributed by atoms with Gasteiger partial charge in [0.1, 0.15) is 0 Å². The first-order valence-electron chi connectivity index (χ1n) is 5.63. The van der Waals surface area contributed by atoms with Crippen LogP contribution in [0.4, 0.5) is 0 Å². The summed E-state index contributed by atoms with van der Waals surface area (Å²) in [6.45, 7) is 8.29. The Labute approximate surface area is 91.9 Å². The molecule has 82 valence electrons. The van der Waals surface area contributed by atoms with Crippen molar-refractivity contribution in [2.24, 2.45) is 0 Å². The third kappa shape index (κ3) is 3.05. The highest BCUT2D eigenvalue weighted by Gasteiger charge is 2.16. The minimum absolute atomic E-state index is 0.379. The molecule has 1 atom stereocenters. The van der Waals surface area contributed by atoms with E-state index in [1.165, 1.54) is 11.1 Å². The van der Waals surface area contributed by atoms with Gasteiger partial charge in [-0.3, -0.25) is 4.90 Å². The van der Waals surface area contributed by atoms with Crippen LogP contribution < -0.4 is 0 Å². The Morgan fingerprint density at radius 3 is 2.73 bits per heavy atom. The van der Waals surface area contributed by atoms with Crippen molar-refractivity contribution in [3.8, 4) is 0 Å². The van der Waals surface area contributed by atoms with E-state index in [0.29, 0.717) is 6.10 Å². The van der Waals surface area contributed by atoms with Gasteiger partial charge in [0.25, 0.3) is 0 Å². The van der Waals surface area contributed by atoms with Crippen LogP contribution in [0.25, 0.3) is 0 Å². The smallest absolute Gasteiger partial charge is 0.0674 e. The fourth-order valence-corrected chi connectivity index (χ4v) is 1.99. The second kappa shape index (κ2) is 4.77. The molecule has 0 saturated carbocycles. The summed E-state index contributed by atoms with van der Waals surface area (Å²) in [6.07, 6.45) is 0.379. The molecule has 0 amide bonds. The topological polar surface area (TPSA) is 12.5 Å². The molecule has 1 aromatic carbocycles. The summed E-state index contributed by atoms with van der Waals surface area (Å²) in [5.41, 5.74) is 2.73. The van der Waals surface area contributed by atoms with Gasteiger partial charge in [-0.05, 0) is 19.4 Å². The molecule has 2 nitrogen and oxygen atoms in total. The van der Waals surface area contributed by atoms with Crippen LogP contribution in [0, 0.1) is 6.92 Å². The molecule has 0 bridgehead atoms. The summed E-state index contributed by atoms with van der Waals surface area (Å²) in [4.78, 5) is 2.46. The third-order valence-electron chi connectivity index (χ3n) is 2.85. The molecule has 2 heteroatoms. The predicted octanol–water partition coefficient (Wildman–Crippen LogP) is 2.22. The molecule has 1 aliphatic heterocycles. The Balaban J connectivity index is 1.93. The van der Waals surface area contributed by atoms with Gasteiger partial charge < -0.3 is 4.74 Å². The molecule has 0 unspecified atom stereocenters. The van der Waals surface area contributed by atoms with Gasteiger partial charge in [-0.25, -0.2) is 0 Å². The zero-order chi connectivity index (χ0) is 10.7. The lowest BCUT2D eigenvalue weighted by Crippen LogP contribution is -2.40. The van der Waals surface area contributed by atoms with Crippen LogP contribution in [0.2, 0.25) is 0 Å². The highest BCUT2D eigenvalue weighted by atomic mass is 16.5. The van der Waals surface area contributed by atoms with E-state index >= 15 is 0 Å². The molecular formula is C13H19NO. The largest absolute Gasteiger partial charge is 0.376 e. The van der Waals surface area contributed by atoms with Crippen LogP contribution in [0.1, 0.15) is 18.1 Å². The van der Waals surface area contributed by atoms with E-state index in [0.717, 1.165) is 26.2 Å². The molecule has 2 rings (SSSR count). The summed E-state index contributed by atoms with van der Waals surface area (Å²) >= 11 is 0. The number of rotatable bonds is 2. The highest BCUT2D eigenvalue weighted by molar-refractivity contribution is 5.21. The highest BCUT2D eigenvalue weighted by Crippen LogP contribution is 2.10. The first-order valence-corrected chi connectivity index (χ1v) is 5.63. The van der Waals surface area contributed by atoms with E-state index in [-0.39, 0.29) is 0 Å². The van der Waals surface area contributed by atoms with Gasteiger partial charge in [-0.15, -0.1) is 0 Å². The summed E-state index contributed by atoms with van der Waals surface area (Å²) in [7, 11) is 0. The molecule has 15 heavy (non-hydrogen) atoms. The van der Waals surface area contributed by atoms with Gasteiger partial charge in [0, 0.05) is 19.6 Å². The van der Waals surface area contributed by atoms with Crippen LogP contribution in [0.15, 0.2) is 24.3 Å². The molecular weight excluding hydrogens is 186 g/mol. The molecule has 1 aromatic rings. The molecule has 0 spiro atoms. The predicted molar refractivity (Wildman–Crippen MR) is 61.9 cm³/mol. The molecule has 0 aromatic heterocycles. The van der Waals surface area contributed by atoms with Crippen molar-refractivity contribution in [3.05, 3.63) is 35.4 Å². The van der Waals surface area contributed by atoms with E-state index in [1.807, 2.05) is 0 Å². The number of aryl methyl sites for hydroxylation is 1. The van der Waals surface area contributed by atoms with Crippen molar-refractivity contribution in [1.82, 2.24) is 4.90 Å². The molecule has 1 fully saturated rings. The molecule has 0 aliphatic carbocycles. The summed E-state index contributed by atoms with van der Waals surface area (Å²) < 4.78 is 5.52. The zero-order valence-electron chi connectivity index (χ0n) is 9.57. The van der Waals surface area contributed by atoms with Gasteiger partial charge in [0.2, 0.25) is 0 Å². The Hall–Kier alpha value is -0.860. The molecule has 0 N–H and O–H groups in total.